The van der Waals surface area contributed by atoms with Crippen LogP contribution in [0.2, 0.25) is 0 Å². The van der Waals surface area contributed by atoms with Crippen LogP contribution in [-0.2, 0) is 34.0 Å². The van der Waals surface area contributed by atoms with Crippen molar-refractivity contribution >= 4 is 50.1 Å². The van der Waals surface area contributed by atoms with Crippen molar-refractivity contribution < 1.29 is 33.0 Å². The Balaban J connectivity index is 1.64. The number of thiazole rings is 1. The molecule has 3 amide bonds. The first-order chi connectivity index (χ1) is 17.0. The molecule has 0 spiro atoms. The molecule has 1 fully saturated rings. The predicted octanol–water partition coefficient (Wildman–Crippen LogP) is 1.35. The van der Waals surface area contributed by atoms with Gasteiger partial charge in [-0.1, -0.05) is 12.1 Å². The highest BCUT2D eigenvalue weighted by atomic mass is 32.2. The van der Waals surface area contributed by atoms with Crippen LogP contribution in [0.15, 0.2) is 24.3 Å². The number of carbonyl (C=O) groups excluding carboxylic acids is 1. The van der Waals surface area contributed by atoms with E-state index in [4.69, 9.17) is 10.2 Å². The number of aryl methyl sites for hydroxylation is 2. The summed E-state index contributed by atoms with van der Waals surface area (Å²) in [5.74, 6) is 0.0394. The van der Waals surface area contributed by atoms with Gasteiger partial charge < -0.3 is 20.8 Å². The molecule has 36 heavy (non-hydrogen) atoms. The smallest absolute Gasteiger partial charge is 0.407 e. The number of hydrogen-bond donors (Lipinski definition) is 6. The summed E-state index contributed by atoms with van der Waals surface area (Å²) in [6, 6.07) is 7.07. The van der Waals surface area contributed by atoms with Crippen molar-refractivity contribution in [1.29, 1.82) is 0 Å². The average molecular weight is 541 g/mol. The van der Waals surface area contributed by atoms with Gasteiger partial charge in [0.05, 0.1) is 17.2 Å². The monoisotopic (exact) mass is 540 g/mol. The molecular weight excluding hydrogens is 512 g/mol. The summed E-state index contributed by atoms with van der Waals surface area (Å²) in [6.45, 7) is 2.88. The summed E-state index contributed by atoms with van der Waals surface area (Å²) in [5, 5.41) is 27.7. The van der Waals surface area contributed by atoms with Crippen LogP contribution < -0.4 is 21.3 Å². The number of amides is 3. The van der Waals surface area contributed by atoms with Crippen molar-refractivity contribution in [3.8, 4) is 0 Å². The van der Waals surface area contributed by atoms with E-state index >= 15 is 0 Å². The third kappa shape index (κ3) is 8.66. The Morgan fingerprint density at radius 3 is 2.22 bits per heavy atom. The normalized spacial score (nSPS) is 15.3. The molecule has 1 aliphatic rings. The summed E-state index contributed by atoms with van der Waals surface area (Å²) >= 11 is 1.38. The van der Waals surface area contributed by atoms with Crippen LogP contribution in [0.25, 0.3) is 0 Å². The molecule has 0 bridgehead atoms. The molecule has 0 aliphatic carbocycles. The number of nitrogens with zero attached hydrogens (tertiary/aromatic N) is 2. The fourth-order valence-corrected chi connectivity index (χ4v) is 5.94. The van der Waals surface area contributed by atoms with Crippen molar-refractivity contribution in [2.24, 2.45) is 0 Å². The number of carbonyl (C=O) groups is 3. The maximum Gasteiger partial charge on any atom is 0.407 e. The molecule has 1 saturated heterocycles. The molecule has 0 unspecified atom stereocenters. The van der Waals surface area contributed by atoms with Gasteiger partial charge in [-0.15, -0.1) is 11.3 Å². The molecule has 13 nitrogen and oxygen atoms in total. The minimum absolute atomic E-state index is 0.130. The first-order valence-corrected chi connectivity index (χ1v) is 13.7. The van der Waals surface area contributed by atoms with E-state index in [9.17, 15) is 22.8 Å². The van der Waals surface area contributed by atoms with Gasteiger partial charge in [0, 0.05) is 37.1 Å². The van der Waals surface area contributed by atoms with E-state index in [-0.39, 0.29) is 17.4 Å². The lowest BCUT2D eigenvalue weighted by Crippen LogP contribution is -2.52. The fourth-order valence-electron chi connectivity index (χ4n) is 3.57. The number of anilines is 2. The van der Waals surface area contributed by atoms with Gasteiger partial charge in [-0.3, -0.25) is 20.3 Å². The van der Waals surface area contributed by atoms with Crippen molar-refractivity contribution in [1.82, 2.24) is 20.5 Å². The van der Waals surface area contributed by atoms with Crippen LogP contribution in [-0.4, -0.2) is 77.5 Å². The Kier molecular flexibility index (Phi) is 9.06. The maximum absolute atomic E-state index is 11.7. The molecule has 2 aromatic rings. The molecule has 1 aromatic carbocycles. The minimum atomic E-state index is -2.98. The maximum atomic E-state index is 11.7. The van der Waals surface area contributed by atoms with Gasteiger partial charge in [0.2, 0.25) is 5.91 Å². The Morgan fingerprint density at radius 2 is 1.67 bits per heavy atom. The zero-order valence-electron chi connectivity index (χ0n) is 19.5. The Labute approximate surface area is 211 Å². The first kappa shape index (κ1) is 27.2. The fraction of sp³-hybridized carbons (Fsp3) is 0.429. The highest BCUT2D eigenvalue weighted by Crippen LogP contribution is 2.27. The third-order valence-electron chi connectivity index (χ3n) is 5.32. The van der Waals surface area contributed by atoms with E-state index in [0.29, 0.717) is 43.3 Å². The van der Waals surface area contributed by atoms with E-state index in [0.717, 1.165) is 16.1 Å². The first-order valence-electron chi connectivity index (χ1n) is 11.0. The van der Waals surface area contributed by atoms with Crippen LogP contribution in [0, 0.1) is 0 Å². The second-order valence-electron chi connectivity index (χ2n) is 8.17. The van der Waals surface area contributed by atoms with E-state index in [2.05, 4.69) is 20.5 Å². The van der Waals surface area contributed by atoms with Gasteiger partial charge in [-0.05, 0) is 30.5 Å². The molecule has 1 aliphatic heterocycles. The van der Waals surface area contributed by atoms with E-state index in [1.54, 1.807) is 12.1 Å². The topological polar surface area (TPSA) is 190 Å². The van der Waals surface area contributed by atoms with Crippen LogP contribution in [0.5, 0.6) is 0 Å². The number of aromatic nitrogens is 1. The van der Waals surface area contributed by atoms with Crippen LogP contribution in [0.1, 0.15) is 23.1 Å². The summed E-state index contributed by atoms with van der Waals surface area (Å²) in [5.41, 5.74) is 2.31. The summed E-state index contributed by atoms with van der Waals surface area (Å²) in [6.07, 6.45) is -2.77. The van der Waals surface area contributed by atoms with E-state index < -0.39 is 28.3 Å². The number of rotatable bonds is 10. The molecule has 15 heteroatoms. The molecule has 0 atom stereocenters. The van der Waals surface area contributed by atoms with Crippen molar-refractivity contribution in [2.75, 3.05) is 35.2 Å². The second kappa shape index (κ2) is 12.0. The Morgan fingerprint density at radius 1 is 1.06 bits per heavy atom. The second-order valence-corrected chi connectivity index (χ2v) is 11.6. The van der Waals surface area contributed by atoms with Crippen LogP contribution >= 0.6 is 11.3 Å². The van der Waals surface area contributed by atoms with Gasteiger partial charge in [0.15, 0.2) is 21.3 Å². The Hall–Kier alpha value is -3.43. The molecule has 196 valence electrons. The SMILES string of the molecule is CC(=O)Nc1nc(CCc2ccc(NC(NC(=O)O)NC(=O)O)cc2)c(CN2CCS(=O)(=O)CC2)s1. The number of nitrogens with one attached hydrogen (secondary N) is 4. The lowest BCUT2D eigenvalue weighted by Gasteiger charge is -2.26. The minimum Gasteiger partial charge on any atom is -0.465 e. The van der Waals surface area contributed by atoms with Crippen LogP contribution in [0.3, 0.4) is 0 Å². The molecular formula is C21H28N6O7S2. The summed E-state index contributed by atoms with van der Waals surface area (Å²) in [4.78, 5) is 40.8. The van der Waals surface area contributed by atoms with Gasteiger partial charge >= 0.3 is 12.2 Å². The summed E-state index contributed by atoms with van der Waals surface area (Å²) in [7, 11) is -2.98. The quantitative estimate of drug-likeness (QED) is 0.240. The largest absolute Gasteiger partial charge is 0.465 e. The number of sulfone groups is 1. The van der Waals surface area contributed by atoms with Crippen molar-refractivity contribution in [2.45, 2.75) is 32.6 Å². The number of hydrogen-bond acceptors (Lipinski definition) is 9. The highest BCUT2D eigenvalue weighted by Gasteiger charge is 2.23. The lowest BCUT2D eigenvalue weighted by atomic mass is 10.1. The molecule has 0 saturated carbocycles. The average Bonchev–Trinajstić information content (AvgIpc) is 3.14. The lowest BCUT2D eigenvalue weighted by molar-refractivity contribution is -0.114. The Bertz CT molecular complexity index is 1170. The van der Waals surface area contributed by atoms with Gasteiger partial charge in [-0.2, -0.15) is 0 Å². The standard InChI is InChI=1S/C21H28N6O7S2/c1-13(28)22-19-24-16(17(35-19)12-27-8-10-36(33,34)11-9-27)7-4-14-2-5-15(6-3-14)23-18(25-20(29)30)26-21(31)32/h2-3,5-6,18,23,25-26H,4,7-12H2,1H3,(H,29,30)(H,31,32)(H,22,24,28). The molecule has 6 N–H and O–H groups in total. The van der Waals surface area contributed by atoms with Crippen molar-refractivity contribution in [3.05, 3.63) is 40.4 Å². The van der Waals surface area contributed by atoms with Crippen LogP contribution in [0.4, 0.5) is 20.4 Å². The predicted molar refractivity (Wildman–Crippen MR) is 134 cm³/mol. The number of benzene rings is 1. The molecule has 2 heterocycles. The summed E-state index contributed by atoms with van der Waals surface area (Å²) < 4.78 is 23.5. The van der Waals surface area contributed by atoms with Gasteiger partial charge in [0.25, 0.3) is 0 Å². The van der Waals surface area contributed by atoms with E-state index in [1.807, 2.05) is 22.8 Å². The third-order valence-corrected chi connectivity index (χ3v) is 7.92. The zero-order valence-corrected chi connectivity index (χ0v) is 21.1. The van der Waals surface area contributed by atoms with Gasteiger partial charge in [-0.25, -0.2) is 23.0 Å². The molecule has 0 radical (unpaired) electrons. The highest BCUT2D eigenvalue weighted by molar-refractivity contribution is 7.91. The van der Waals surface area contributed by atoms with E-state index in [1.165, 1.54) is 18.3 Å². The number of carboxylic acid groups (broad SMARTS) is 2. The molecule has 3 rings (SSSR count). The van der Waals surface area contributed by atoms with Gasteiger partial charge in [0.1, 0.15) is 0 Å². The van der Waals surface area contributed by atoms with Crippen molar-refractivity contribution in [3.63, 3.8) is 0 Å². The molecule has 1 aromatic heterocycles. The zero-order chi connectivity index (χ0) is 26.3.